The smallest absolute Gasteiger partial charge is 0.368 e. The zero-order chi connectivity index (χ0) is 17.0. The average Bonchev–Trinajstić information content (AvgIpc) is 2.47. The number of aromatic nitrogens is 1. The van der Waals surface area contributed by atoms with Gasteiger partial charge in [-0.15, -0.1) is 24.8 Å². The van der Waals surface area contributed by atoms with Gasteiger partial charge in [0.05, 0.1) is 10.6 Å². The van der Waals surface area contributed by atoms with Crippen LogP contribution in [0.2, 0.25) is 5.02 Å². The van der Waals surface area contributed by atoms with Crippen LogP contribution in [0.15, 0.2) is 12.3 Å². The quantitative estimate of drug-likeness (QED) is 0.781. The fourth-order valence-corrected chi connectivity index (χ4v) is 2.56. The molecule has 0 saturated carbocycles. The fourth-order valence-electron chi connectivity index (χ4n) is 2.33. The molecule has 0 aromatic carbocycles. The number of alkyl halides is 3. The maximum absolute atomic E-state index is 12.5. The largest absolute Gasteiger partial charge is 0.417 e. The summed E-state index contributed by atoms with van der Waals surface area (Å²) in [7, 11) is 0. The zero-order valence-corrected chi connectivity index (χ0v) is 15.8. The maximum Gasteiger partial charge on any atom is 0.417 e. The predicted molar refractivity (Wildman–Crippen MR) is 95.9 cm³/mol. The Balaban J connectivity index is 0.00000288. The molecule has 1 aromatic rings. The molecule has 1 aromatic heterocycles. The highest BCUT2D eigenvalue weighted by Crippen LogP contribution is 2.32. The van der Waals surface area contributed by atoms with Gasteiger partial charge in [-0.3, -0.25) is 4.79 Å². The zero-order valence-electron chi connectivity index (χ0n) is 13.4. The third-order valence-corrected chi connectivity index (χ3v) is 3.81. The minimum absolute atomic E-state index is 0. The summed E-state index contributed by atoms with van der Waals surface area (Å²) in [6.07, 6.45) is -3.54. The standard InChI is InChI=1S/C14H18ClF3N4O.2ClH/c1-9-8-22(5-4-19-9)12(23)2-3-20-13-11(15)6-10(7-21-13)14(16,17)18;;/h6-7,9,19H,2-5,8H2,1H3,(H,20,21);2*1H. The number of carbonyl (C=O) groups excluding carboxylic acids is 1. The van der Waals surface area contributed by atoms with Gasteiger partial charge in [-0.05, 0) is 13.0 Å². The molecule has 0 radical (unpaired) electrons. The van der Waals surface area contributed by atoms with E-state index in [1.54, 1.807) is 4.90 Å². The van der Waals surface area contributed by atoms with Gasteiger partial charge < -0.3 is 15.5 Å². The highest BCUT2D eigenvalue weighted by atomic mass is 35.5. The number of rotatable bonds is 4. The van der Waals surface area contributed by atoms with Crippen molar-refractivity contribution >= 4 is 48.1 Å². The number of halogens is 6. The second kappa shape index (κ2) is 10.3. The summed E-state index contributed by atoms with van der Waals surface area (Å²) in [4.78, 5) is 17.5. The number of pyridine rings is 1. The molecule has 1 saturated heterocycles. The Labute approximate surface area is 161 Å². The average molecular weight is 424 g/mol. The molecule has 11 heteroatoms. The van der Waals surface area contributed by atoms with Gasteiger partial charge in [0.25, 0.3) is 0 Å². The Kier molecular flexibility index (Phi) is 9.86. The summed E-state index contributed by atoms with van der Waals surface area (Å²) in [5.41, 5.74) is -0.904. The van der Waals surface area contributed by atoms with E-state index >= 15 is 0 Å². The highest BCUT2D eigenvalue weighted by molar-refractivity contribution is 6.32. The lowest BCUT2D eigenvalue weighted by molar-refractivity contribution is -0.137. The first-order valence-corrected chi connectivity index (χ1v) is 7.63. The monoisotopic (exact) mass is 422 g/mol. The van der Waals surface area contributed by atoms with Gasteiger partial charge in [-0.2, -0.15) is 13.2 Å². The van der Waals surface area contributed by atoms with Crippen molar-refractivity contribution in [2.24, 2.45) is 0 Å². The number of anilines is 1. The second-order valence-electron chi connectivity index (χ2n) is 5.42. The summed E-state index contributed by atoms with van der Waals surface area (Å²) in [5.74, 6) is 0.134. The van der Waals surface area contributed by atoms with Gasteiger partial charge in [0, 0.05) is 44.8 Å². The first kappa shape index (κ1) is 24.0. The molecule has 1 unspecified atom stereocenters. The molecular formula is C14H20Cl3F3N4O. The lowest BCUT2D eigenvalue weighted by Crippen LogP contribution is -2.51. The number of amides is 1. The van der Waals surface area contributed by atoms with E-state index in [4.69, 9.17) is 11.6 Å². The van der Waals surface area contributed by atoms with Crippen molar-refractivity contribution in [3.63, 3.8) is 0 Å². The lowest BCUT2D eigenvalue weighted by atomic mass is 10.2. The first-order chi connectivity index (χ1) is 10.8. The first-order valence-electron chi connectivity index (χ1n) is 7.25. The minimum atomic E-state index is -4.48. The van der Waals surface area contributed by atoms with E-state index in [1.165, 1.54) is 0 Å². The maximum atomic E-state index is 12.5. The number of carbonyl (C=O) groups is 1. The van der Waals surface area contributed by atoms with Crippen molar-refractivity contribution in [3.05, 3.63) is 22.8 Å². The molecule has 1 amide bonds. The predicted octanol–water partition coefficient (Wildman–Crippen LogP) is 3.22. The Bertz CT molecular complexity index is 575. The normalized spacial score (nSPS) is 17.3. The molecule has 1 fully saturated rings. The molecule has 144 valence electrons. The van der Waals surface area contributed by atoms with Gasteiger partial charge in [-0.1, -0.05) is 11.6 Å². The van der Waals surface area contributed by atoms with Crippen LogP contribution in [0, 0.1) is 0 Å². The number of nitrogens with one attached hydrogen (secondary N) is 2. The van der Waals surface area contributed by atoms with Crippen LogP contribution in [-0.4, -0.2) is 48.0 Å². The highest BCUT2D eigenvalue weighted by Gasteiger charge is 2.31. The van der Waals surface area contributed by atoms with Gasteiger partial charge in [0.1, 0.15) is 5.82 Å². The number of nitrogens with zero attached hydrogens (tertiary/aromatic N) is 2. The van der Waals surface area contributed by atoms with Crippen LogP contribution in [0.1, 0.15) is 18.9 Å². The van der Waals surface area contributed by atoms with E-state index in [0.29, 0.717) is 19.3 Å². The molecule has 0 spiro atoms. The topological polar surface area (TPSA) is 57.3 Å². The second-order valence-corrected chi connectivity index (χ2v) is 5.83. The van der Waals surface area contributed by atoms with E-state index < -0.39 is 11.7 Å². The summed E-state index contributed by atoms with van der Waals surface area (Å²) in [5, 5.41) is 5.92. The Morgan fingerprint density at radius 2 is 2.16 bits per heavy atom. The minimum Gasteiger partial charge on any atom is -0.368 e. The molecule has 5 nitrogen and oxygen atoms in total. The van der Waals surface area contributed by atoms with Crippen LogP contribution in [0.3, 0.4) is 0 Å². The number of piperazine rings is 1. The summed E-state index contributed by atoms with van der Waals surface area (Å²) >= 11 is 5.79. The van der Waals surface area contributed by atoms with Gasteiger partial charge in [0.2, 0.25) is 5.91 Å². The van der Waals surface area contributed by atoms with Crippen molar-refractivity contribution in [1.82, 2.24) is 15.2 Å². The number of hydrogen-bond acceptors (Lipinski definition) is 4. The van der Waals surface area contributed by atoms with Gasteiger partial charge in [0.15, 0.2) is 0 Å². The third-order valence-electron chi connectivity index (χ3n) is 3.52. The van der Waals surface area contributed by atoms with Crippen molar-refractivity contribution in [1.29, 1.82) is 0 Å². The summed E-state index contributed by atoms with van der Waals surface area (Å²) in [6, 6.07) is 1.07. The van der Waals surface area contributed by atoms with E-state index in [9.17, 15) is 18.0 Å². The Morgan fingerprint density at radius 3 is 2.72 bits per heavy atom. The number of hydrogen-bond donors (Lipinski definition) is 2. The Hall–Kier alpha value is -0.960. The lowest BCUT2D eigenvalue weighted by Gasteiger charge is -2.32. The molecule has 2 N–H and O–H groups in total. The molecule has 2 heterocycles. The summed E-state index contributed by atoms with van der Waals surface area (Å²) < 4.78 is 37.6. The summed E-state index contributed by atoms with van der Waals surface area (Å²) in [6.45, 7) is 4.33. The molecule has 1 aliphatic heterocycles. The third kappa shape index (κ3) is 7.05. The molecule has 1 aliphatic rings. The van der Waals surface area contributed by atoms with E-state index in [1.807, 2.05) is 6.92 Å². The van der Waals surface area contributed by atoms with Crippen LogP contribution in [-0.2, 0) is 11.0 Å². The van der Waals surface area contributed by atoms with Crippen molar-refractivity contribution in [2.45, 2.75) is 25.6 Å². The van der Waals surface area contributed by atoms with Crippen molar-refractivity contribution < 1.29 is 18.0 Å². The SMILES string of the molecule is CC1CN(C(=O)CCNc2ncc(C(F)(F)F)cc2Cl)CCN1.Cl.Cl. The molecular weight excluding hydrogens is 404 g/mol. The van der Waals surface area contributed by atoms with E-state index in [2.05, 4.69) is 15.6 Å². The molecule has 2 rings (SSSR count). The van der Waals surface area contributed by atoms with E-state index in [-0.39, 0.29) is 60.6 Å². The van der Waals surface area contributed by atoms with Crippen LogP contribution in [0.4, 0.5) is 19.0 Å². The fraction of sp³-hybridized carbons (Fsp3) is 0.571. The molecule has 25 heavy (non-hydrogen) atoms. The van der Waals surface area contributed by atoms with Crippen LogP contribution >= 0.6 is 36.4 Å². The van der Waals surface area contributed by atoms with E-state index in [0.717, 1.165) is 12.6 Å². The molecule has 0 aliphatic carbocycles. The van der Waals surface area contributed by atoms with Crippen molar-refractivity contribution in [3.8, 4) is 0 Å². The van der Waals surface area contributed by atoms with Crippen LogP contribution < -0.4 is 10.6 Å². The van der Waals surface area contributed by atoms with Gasteiger partial charge in [-0.25, -0.2) is 4.98 Å². The van der Waals surface area contributed by atoms with Crippen LogP contribution in [0.5, 0.6) is 0 Å². The molecule has 0 bridgehead atoms. The molecule has 1 atom stereocenters. The Morgan fingerprint density at radius 1 is 1.48 bits per heavy atom. The van der Waals surface area contributed by atoms with Crippen molar-refractivity contribution in [2.75, 3.05) is 31.5 Å². The van der Waals surface area contributed by atoms with Crippen LogP contribution in [0.25, 0.3) is 0 Å². The van der Waals surface area contributed by atoms with Gasteiger partial charge >= 0.3 is 6.18 Å².